The van der Waals surface area contributed by atoms with E-state index in [1.165, 1.54) is 24.3 Å². The Morgan fingerprint density at radius 2 is 1.33 bits per heavy atom. The Balaban J connectivity index is 0.000000245. The number of nitrogens with one attached hydrogen (secondary N) is 4. The number of tetrazole rings is 1. The summed E-state index contributed by atoms with van der Waals surface area (Å²) in [5.41, 5.74) is 11.2. The maximum absolute atomic E-state index is 12.2. The molecule has 22 nitrogen and oxygen atoms in total. The standard InChI is InChI=1S/C19H14N2O.C16H10N2O4.C11H9N5O2.C7H6F6N4O2.4C2H6/c22-19-18-15(10-11-20-19)16-12-14(8-9-17(16)21-18)7-6-13-4-2-1-3-5-13;19-16(12-5-1-7-13(10-12)18(20)21)22-14-8-2-4-11-6-3-9-17-15(11)14;17-10-6-3-1-2-4-7(6)11(18)9(10)12-5-8-13-15-16-14-8;8-6(9,10)1-18-4-15-3(14)16-5(17-4)19-2-7(11,12)13;4*1-2/h1-5,8-9,12,21H,10-11H2,(H,20,22);1-10H;1-4,9,12H,5H2,(H,13,14,15,16);1-2H2,(H2,14,15,16,17);4*1-2H3. The fraction of sp³-hybridized carbons (Fsp3) is 0.262. The highest BCUT2D eigenvalue weighted by atomic mass is 19.4. The van der Waals surface area contributed by atoms with Crippen molar-refractivity contribution in [3.05, 3.63) is 189 Å². The van der Waals surface area contributed by atoms with Gasteiger partial charge in [-0.25, -0.2) is 4.79 Å². The molecule has 0 saturated carbocycles. The Bertz CT molecular complexity index is 3760. The number of ether oxygens (including phenoxy) is 3. The van der Waals surface area contributed by atoms with Crippen LogP contribution in [0, 0.1) is 22.0 Å². The molecule has 0 radical (unpaired) electrons. The van der Waals surface area contributed by atoms with Crippen molar-refractivity contribution in [3.63, 3.8) is 0 Å². The average Bonchev–Trinajstić information content (AvgIpc) is 2.34. The Morgan fingerprint density at radius 1 is 0.730 bits per heavy atom. The second kappa shape index (κ2) is 35.1. The number of non-ortho nitro benzene ring substituents is 1. The highest BCUT2D eigenvalue weighted by Crippen LogP contribution is 2.28. The number of alkyl halides is 6. The second-order valence-electron chi connectivity index (χ2n) is 16.9. The van der Waals surface area contributed by atoms with Gasteiger partial charge in [0, 0.05) is 63.4 Å². The number of nitro groups is 1. The van der Waals surface area contributed by atoms with Crippen LogP contribution in [0.3, 0.4) is 0 Å². The van der Waals surface area contributed by atoms with Crippen LogP contribution in [-0.4, -0.2) is 112 Å². The SMILES string of the molecule is CC.CC.CC.CC.Nc1nc(OCC(F)(F)F)nc(OCC(F)(F)F)n1.O=C(Oc1cccc2cccnc12)c1cccc([N+](=O)[O-])c1.O=C1NCCc2c1[nH]c1ccc(C#Cc3ccccc3)cc21.O=C1c2ccccc2C(=O)C1NCc1nn[nH]n1. The number of nitrogens with two attached hydrogens (primary N) is 1. The number of hydrogen-bond acceptors (Lipinski definition) is 18. The van der Waals surface area contributed by atoms with E-state index in [1.54, 1.807) is 48.7 Å². The highest BCUT2D eigenvalue weighted by Gasteiger charge is 2.38. The first-order chi connectivity index (χ1) is 42.8. The van der Waals surface area contributed by atoms with Crippen molar-refractivity contribution in [1.29, 1.82) is 0 Å². The molecular weight excluding hydrogens is 1170 g/mol. The van der Waals surface area contributed by atoms with Crippen LogP contribution in [0.4, 0.5) is 38.0 Å². The second-order valence-corrected chi connectivity index (χ2v) is 16.9. The van der Waals surface area contributed by atoms with Crippen LogP contribution in [0.2, 0.25) is 0 Å². The predicted octanol–water partition coefficient (Wildman–Crippen LogP) is 11.4. The maximum atomic E-state index is 12.2. The summed E-state index contributed by atoms with van der Waals surface area (Å²) >= 11 is 0. The number of halogens is 6. The molecule has 6 N–H and O–H groups in total. The van der Waals surface area contributed by atoms with Gasteiger partial charge in [-0.2, -0.15) is 41.5 Å². The van der Waals surface area contributed by atoms with Crippen molar-refractivity contribution in [2.45, 2.75) is 86.7 Å². The molecule has 0 fully saturated rings. The maximum Gasteiger partial charge on any atom is 0.422 e. The van der Waals surface area contributed by atoms with Crippen LogP contribution in [0.15, 0.2) is 134 Å². The minimum atomic E-state index is -4.66. The summed E-state index contributed by atoms with van der Waals surface area (Å²) in [7, 11) is 0. The Kier molecular flexibility index (Phi) is 27.9. The number of nitrogen functional groups attached to an aromatic ring is 1. The number of benzene rings is 5. The molecule has 2 aliphatic rings. The van der Waals surface area contributed by atoms with Gasteiger partial charge in [-0.15, -0.1) is 15.2 Å². The minimum Gasteiger partial charge on any atom is -0.454 e. The van der Waals surface area contributed by atoms with E-state index in [2.05, 4.69) is 83.6 Å². The zero-order valence-corrected chi connectivity index (χ0v) is 49.4. The number of para-hydroxylation sites is 1. The number of esters is 1. The summed E-state index contributed by atoms with van der Waals surface area (Å²) in [6, 6.07) is 34.4. The number of ketones is 2. The molecule has 5 heterocycles. The number of Topliss-reactive ketones (excluding diaryl/α,β-unsaturated/α-hetero) is 2. The van der Waals surface area contributed by atoms with E-state index in [1.807, 2.05) is 110 Å². The summed E-state index contributed by atoms with van der Waals surface area (Å²) in [6.45, 7) is 13.5. The number of aromatic nitrogens is 9. The number of fused-ring (bicyclic) bond motifs is 5. The molecule has 468 valence electrons. The summed E-state index contributed by atoms with van der Waals surface area (Å²) in [4.78, 5) is 75.1. The normalized spacial score (nSPS) is 11.8. The van der Waals surface area contributed by atoms with Gasteiger partial charge in [0.25, 0.3) is 11.6 Å². The molecule has 4 aromatic heterocycles. The van der Waals surface area contributed by atoms with E-state index < -0.39 is 60.5 Å². The smallest absolute Gasteiger partial charge is 0.422 e. The number of anilines is 1. The number of amides is 1. The molecule has 0 unspecified atom stereocenters. The summed E-state index contributed by atoms with van der Waals surface area (Å²) in [5, 5.41) is 31.6. The van der Waals surface area contributed by atoms with Gasteiger partial charge in [-0.1, -0.05) is 139 Å². The molecule has 28 heteroatoms. The molecule has 1 aliphatic heterocycles. The molecule has 0 atom stereocenters. The van der Waals surface area contributed by atoms with Crippen molar-refractivity contribution in [2.24, 2.45) is 0 Å². The largest absolute Gasteiger partial charge is 0.454 e. The van der Waals surface area contributed by atoms with Crippen molar-refractivity contribution in [3.8, 4) is 29.6 Å². The van der Waals surface area contributed by atoms with E-state index >= 15 is 0 Å². The topological polar surface area (TPSA) is 311 Å². The van der Waals surface area contributed by atoms with E-state index in [0.717, 1.165) is 39.4 Å². The van der Waals surface area contributed by atoms with Crippen LogP contribution in [-0.2, 0) is 13.0 Å². The molecule has 1 amide bonds. The van der Waals surface area contributed by atoms with Gasteiger partial charge < -0.3 is 30.2 Å². The van der Waals surface area contributed by atoms with Gasteiger partial charge in [-0.05, 0) is 60.5 Å². The number of rotatable bonds is 10. The molecule has 0 saturated heterocycles. The number of aromatic amines is 2. The monoisotopic (exact) mass is 1240 g/mol. The van der Waals surface area contributed by atoms with Crippen LogP contribution in [0.25, 0.3) is 21.8 Å². The number of pyridine rings is 1. The van der Waals surface area contributed by atoms with E-state index in [-0.39, 0.29) is 35.3 Å². The van der Waals surface area contributed by atoms with Gasteiger partial charge in [0.05, 0.1) is 17.0 Å². The molecule has 5 aromatic carbocycles. The highest BCUT2D eigenvalue weighted by molar-refractivity contribution is 6.29. The third kappa shape index (κ3) is 21.3. The van der Waals surface area contributed by atoms with Crippen molar-refractivity contribution < 1.29 is 64.7 Å². The molecular formula is C61H63F6N13O9. The number of carbonyl (C=O) groups is 4. The fourth-order valence-electron chi connectivity index (χ4n) is 7.65. The van der Waals surface area contributed by atoms with Gasteiger partial charge in [-0.3, -0.25) is 34.8 Å². The lowest BCUT2D eigenvalue weighted by Gasteiger charge is -2.11. The minimum absolute atomic E-state index is 0.0191. The average molecular weight is 1240 g/mol. The molecule has 0 bridgehead atoms. The summed E-state index contributed by atoms with van der Waals surface area (Å²) in [5.74, 6) is 5.35. The third-order valence-corrected chi connectivity index (χ3v) is 11.2. The van der Waals surface area contributed by atoms with Gasteiger partial charge in [0.1, 0.15) is 17.3 Å². The predicted molar refractivity (Wildman–Crippen MR) is 319 cm³/mol. The number of hydrogen-bond donors (Lipinski definition) is 5. The molecule has 9 aromatic rings. The van der Waals surface area contributed by atoms with Crippen molar-refractivity contribution in [1.82, 2.24) is 56.2 Å². The van der Waals surface area contributed by atoms with Crippen molar-refractivity contribution in [2.75, 3.05) is 25.5 Å². The molecule has 11 rings (SSSR count). The third-order valence-electron chi connectivity index (χ3n) is 11.2. The van der Waals surface area contributed by atoms with Crippen LogP contribution >= 0.6 is 0 Å². The van der Waals surface area contributed by atoms with Gasteiger partial charge in [0.2, 0.25) is 5.95 Å². The number of H-pyrrole nitrogens is 2. The summed E-state index contributed by atoms with van der Waals surface area (Å²) in [6.07, 6.45) is -6.85. The Labute approximate surface area is 506 Å². The summed E-state index contributed by atoms with van der Waals surface area (Å²) < 4.78 is 84.6. The van der Waals surface area contributed by atoms with E-state index in [9.17, 15) is 55.6 Å². The first-order valence-corrected chi connectivity index (χ1v) is 27.6. The van der Waals surface area contributed by atoms with Gasteiger partial charge in [0.15, 0.2) is 36.4 Å². The Morgan fingerprint density at radius 3 is 1.92 bits per heavy atom. The quantitative estimate of drug-likeness (QED) is 0.0162. The number of nitro benzene ring substituents is 1. The van der Waals surface area contributed by atoms with Crippen LogP contribution < -0.4 is 30.6 Å². The van der Waals surface area contributed by atoms with E-state index in [4.69, 9.17) is 10.5 Å². The number of carbonyl (C=O) groups excluding carboxylic acids is 4. The lowest BCUT2D eigenvalue weighted by atomic mass is 10.0. The number of nitrogens with zero attached hydrogens (tertiary/aromatic N) is 8. The Hall–Kier alpha value is -10.7. The van der Waals surface area contributed by atoms with Crippen molar-refractivity contribution >= 4 is 56.9 Å². The first kappa shape index (κ1) is 70.8. The fourth-order valence-corrected chi connectivity index (χ4v) is 7.65. The molecule has 1 aliphatic carbocycles. The van der Waals surface area contributed by atoms with Crippen LogP contribution in [0.5, 0.6) is 17.8 Å². The lowest BCUT2D eigenvalue weighted by molar-refractivity contribution is -0.384. The van der Waals surface area contributed by atoms with Gasteiger partial charge >= 0.3 is 30.3 Å². The van der Waals surface area contributed by atoms with Crippen LogP contribution in [0.1, 0.15) is 119 Å². The van der Waals surface area contributed by atoms with E-state index in [0.29, 0.717) is 40.5 Å². The zero-order valence-electron chi connectivity index (χ0n) is 49.4. The zero-order chi connectivity index (χ0) is 65.7. The molecule has 89 heavy (non-hydrogen) atoms. The lowest BCUT2D eigenvalue weighted by Crippen LogP contribution is -2.38. The molecule has 0 spiro atoms. The first-order valence-electron chi connectivity index (χ1n) is 27.6.